The fourth-order valence-electron chi connectivity index (χ4n) is 3.49. The standard InChI is InChI=1S/C16H21N3.ClH/c1-19(11-13-4-2-12(10-17)3-5-13)16-8-14-6-7-15(9-16)18-14;/h2-5,14-16,18H,6-9,11H2,1H3;1H. The zero-order valence-corrected chi connectivity index (χ0v) is 12.7. The second-order valence-electron chi connectivity index (χ2n) is 5.99. The third kappa shape index (κ3) is 3.32. The van der Waals surface area contributed by atoms with Gasteiger partial charge in [0.25, 0.3) is 0 Å². The lowest BCUT2D eigenvalue weighted by Crippen LogP contribution is -2.46. The number of hydrogen-bond acceptors (Lipinski definition) is 3. The van der Waals surface area contributed by atoms with Gasteiger partial charge in [-0.05, 0) is 50.4 Å². The van der Waals surface area contributed by atoms with Crippen molar-refractivity contribution >= 4 is 12.4 Å². The maximum atomic E-state index is 8.81. The van der Waals surface area contributed by atoms with Crippen LogP contribution in [0.3, 0.4) is 0 Å². The molecule has 0 aliphatic carbocycles. The summed E-state index contributed by atoms with van der Waals surface area (Å²) in [5, 5.41) is 12.5. The highest BCUT2D eigenvalue weighted by molar-refractivity contribution is 5.85. The molecule has 1 aromatic rings. The summed E-state index contributed by atoms with van der Waals surface area (Å²) < 4.78 is 0. The lowest BCUT2D eigenvalue weighted by atomic mass is 9.98. The van der Waals surface area contributed by atoms with Gasteiger partial charge in [0.1, 0.15) is 0 Å². The van der Waals surface area contributed by atoms with Crippen LogP contribution in [0.25, 0.3) is 0 Å². The number of nitrogens with one attached hydrogen (secondary N) is 1. The molecule has 2 unspecified atom stereocenters. The summed E-state index contributed by atoms with van der Waals surface area (Å²) >= 11 is 0. The average molecular weight is 292 g/mol. The van der Waals surface area contributed by atoms with Gasteiger partial charge < -0.3 is 5.32 Å². The van der Waals surface area contributed by atoms with E-state index in [4.69, 9.17) is 5.26 Å². The first-order valence-electron chi connectivity index (χ1n) is 7.20. The van der Waals surface area contributed by atoms with Crippen LogP contribution in [0.2, 0.25) is 0 Å². The zero-order chi connectivity index (χ0) is 13.2. The van der Waals surface area contributed by atoms with E-state index in [2.05, 4.69) is 35.5 Å². The SMILES string of the molecule is CN(Cc1ccc(C#N)cc1)C1CC2CCC(C1)N2.Cl. The van der Waals surface area contributed by atoms with E-state index in [1.54, 1.807) is 0 Å². The molecule has 1 aromatic carbocycles. The third-order valence-corrected chi connectivity index (χ3v) is 4.59. The Kier molecular flexibility index (Phi) is 5.04. The van der Waals surface area contributed by atoms with Gasteiger partial charge in [-0.25, -0.2) is 0 Å². The quantitative estimate of drug-likeness (QED) is 0.931. The lowest BCUT2D eigenvalue weighted by Gasteiger charge is -2.35. The Labute approximate surface area is 127 Å². The maximum Gasteiger partial charge on any atom is 0.0991 e. The Morgan fingerprint density at radius 2 is 1.80 bits per heavy atom. The minimum atomic E-state index is 0. The highest BCUT2D eigenvalue weighted by Crippen LogP contribution is 2.29. The maximum absolute atomic E-state index is 8.81. The van der Waals surface area contributed by atoms with Crippen LogP contribution in [0.4, 0.5) is 0 Å². The molecule has 2 aliphatic heterocycles. The molecule has 20 heavy (non-hydrogen) atoms. The number of nitrogens with zero attached hydrogens (tertiary/aromatic N) is 2. The first kappa shape index (κ1) is 15.3. The van der Waals surface area contributed by atoms with E-state index < -0.39 is 0 Å². The Bertz CT molecular complexity index is 467. The first-order chi connectivity index (χ1) is 9.24. The third-order valence-electron chi connectivity index (χ3n) is 4.59. The fraction of sp³-hybridized carbons (Fsp3) is 0.562. The van der Waals surface area contributed by atoms with E-state index in [-0.39, 0.29) is 12.4 Å². The van der Waals surface area contributed by atoms with Crippen LogP contribution in [0, 0.1) is 11.3 Å². The van der Waals surface area contributed by atoms with Crippen molar-refractivity contribution in [3.8, 4) is 6.07 Å². The number of halogens is 1. The lowest BCUT2D eigenvalue weighted by molar-refractivity contribution is 0.166. The first-order valence-corrected chi connectivity index (χ1v) is 7.20. The van der Waals surface area contributed by atoms with Crippen molar-refractivity contribution in [2.75, 3.05) is 7.05 Å². The Morgan fingerprint density at radius 1 is 1.20 bits per heavy atom. The second kappa shape index (κ2) is 6.58. The molecule has 2 atom stereocenters. The van der Waals surface area contributed by atoms with Crippen molar-refractivity contribution in [3.05, 3.63) is 35.4 Å². The van der Waals surface area contributed by atoms with Crippen molar-refractivity contribution in [3.63, 3.8) is 0 Å². The largest absolute Gasteiger partial charge is 0.311 e. The highest BCUT2D eigenvalue weighted by Gasteiger charge is 2.34. The zero-order valence-electron chi connectivity index (χ0n) is 11.9. The van der Waals surface area contributed by atoms with Crippen LogP contribution < -0.4 is 5.32 Å². The molecule has 0 aromatic heterocycles. The van der Waals surface area contributed by atoms with Crippen molar-refractivity contribution in [2.45, 2.75) is 50.4 Å². The van der Waals surface area contributed by atoms with Crippen molar-refractivity contribution in [1.29, 1.82) is 5.26 Å². The molecule has 2 aliphatic rings. The normalized spacial score (nSPS) is 27.9. The second-order valence-corrected chi connectivity index (χ2v) is 5.99. The van der Waals surface area contributed by atoms with Crippen LogP contribution in [-0.2, 0) is 6.54 Å². The molecule has 3 rings (SSSR count). The molecule has 0 spiro atoms. The van der Waals surface area contributed by atoms with Gasteiger partial charge >= 0.3 is 0 Å². The van der Waals surface area contributed by atoms with E-state index >= 15 is 0 Å². The smallest absolute Gasteiger partial charge is 0.0991 e. The summed E-state index contributed by atoms with van der Waals surface area (Å²) in [6.07, 6.45) is 5.27. The Hall–Kier alpha value is -1.08. The number of piperidine rings is 1. The van der Waals surface area contributed by atoms with Gasteiger partial charge in [-0.2, -0.15) is 5.26 Å². The van der Waals surface area contributed by atoms with Crippen molar-refractivity contribution < 1.29 is 0 Å². The van der Waals surface area contributed by atoms with Gasteiger partial charge in [-0.3, -0.25) is 4.90 Å². The van der Waals surface area contributed by atoms with Gasteiger partial charge in [0.05, 0.1) is 11.6 Å². The predicted octanol–water partition coefficient (Wildman–Crippen LogP) is 2.69. The number of benzene rings is 1. The van der Waals surface area contributed by atoms with Crippen LogP contribution in [0.15, 0.2) is 24.3 Å². The molecule has 0 radical (unpaired) electrons. The topological polar surface area (TPSA) is 39.1 Å². The van der Waals surface area contributed by atoms with Crippen LogP contribution >= 0.6 is 12.4 Å². The van der Waals surface area contributed by atoms with Gasteiger partial charge in [-0.15, -0.1) is 12.4 Å². The molecule has 1 N–H and O–H groups in total. The summed E-state index contributed by atoms with van der Waals surface area (Å²) in [7, 11) is 2.23. The Morgan fingerprint density at radius 3 is 2.35 bits per heavy atom. The molecule has 2 bridgehead atoms. The fourth-order valence-corrected chi connectivity index (χ4v) is 3.49. The molecule has 2 saturated heterocycles. The average Bonchev–Trinajstić information content (AvgIpc) is 2.78. The molecular weight excluding hydrogens is 270 g/mol. The summed E-state index contributed by atoms with van der Waals surface area (Å²) in [5.41, 5.74) is 2.04. The highest BCUT2D eigenvalue weighted by atomic mass is 35.5. The van der Waals surface area contributed by atoms with Gasteiger partial charge in [0.15, 0.2) is 0 Å². The molecule has 3 nitrogen and oxygen atoms in total. The molecule has 0 amide bonds. The molecular formula is C16H22ClN3. The van der Waals surface area contributed by atoms with Crippen molar-refractivity contribution in [2.24, 2.45) is 0 Å². The number of nitriles is 1. The monoisotopic (exact) mass is 291 g/mol. The van der Waals surface area contributed by atoms with E-state index in [0.29, 0.717) is 6.04 Å². The minimum absolute atomic E-state index is 0. The van der Waals surface area contributed by atoms with E-state index in [1.807, 2.05) is 12.1 Å². The Balaban J connectivity index is 0.00000147. The van der Waals surface area contributed by atoms with E-state index in [0.717, 1.165) is 24.2 Å². The summed E-state index contributed by atoms with van der Waals surface area (Å²) in [5.74, 6) is 0. The summed E-state index contributed by atoms with van der Waals surface area (Å²) in [6, 6.07) is 12.3. The van der Waals surface area contributed by atoms with Crippen LogP contribution in [-0.4, -0.2) is 30.1 Å². The molecule has 2 heterocycles. The van der Waals surface area contributed by atoms with E-state index in [9.17, 15) is 0 Å². The van der Waals surface area contributed by atoms with Crippen LogP contribution in [0.5, 0.6) is 0 Å². The van der Waals surface area contributed by atoms with Gasteiger partial charge in [0.2, 0.25) is 0 Å². The van der Waals surface area contributed by atoms with Gasteiger partial charge in [0, 0.05) is 24.7 Å². The molecule has 0 saturated carbocycles. The van der Waals surface area contributed by atoms with Crippen molar-refractivity contribution in [1.82, 2.24) is 10.2 Å². The van der Waals surface area contributed by atoms with Gasteiger partial charge in [-0.1, -0.05) is 12.1 Å². The predicted molar refractivity (Wildman–Crippen MR) is 82.8 cm³/mol. The molecule has 4 heteroatoms. The molecule has 108 valence electrons. The number of rotatable bonds is 3. The summed E-state index contributed by atoms with van der Waals surface area (Å²) in [6.45, 7) is 0.982. The number of fused-ring (bicyclic) bond motifs is 2. The van der Waals surface area contributed by atoms with Crippen LogP contribution in [0.1, 0.15) is 36.8 Å². The van der Waals surface area contributed by atoms with E-state index in [1.165, 1.54) is 31.2 Å². The summed E-state index contributed by atoms with van der Waals surface area (Å²) in [4.78, 5) is 2.48. The number of hydrogen-bond donors (Lipinski definition) is 1. The molecule has 2 fully saturated rings. The minimum Gasteiger partial charge on any atom is -0.311 e.